The molecular formula is C16H22N2O2. The Morgan fingerprint density at radius 2 is 2.10 bits per heavy atom. The highest BCUT2D eigenvalue weighted by Crippen LogP contribution is 2.31. The Morgan fingerprint density at radius 1 is 1.35 bits per heavy atom. The molecule has 0 saturated heterocycles. The predicted octanol–water partition coefficient (Wildman–Crippen LogP) is 2.27. The minimum Gasteiger partial charge on any atom is -0.347 e. The summed E-state index contributed by atoms with van der Waals surface area (Å²) in [4.78, 5) is 25.7. The number of benzene rings is 1. The Kier molecular flexibility index (Phi) is 4.77. The summed E-state index contributed by atoms with van der Waals surface area (Å²) in [6, 6.07) is 8.12. The predicted molar refractivity (Wildman–Crippen MR) is 79.6 cm³/mol. The first-order chi connectivity index (χ1) is 9.63. The molecule has 1 aliphatic heterocycles. The number of unbranched alkanes of at least 4 members (excludes halogenated alkanes) is 1. The Hall–Kier alpha value is -1.84. The average Bonchev–Trinajstić information content (AvgIpc) is 2.78. The van der Waals surface area contributed by atoms with Crippen LogP contribution in [0.15, 0.2) is 24.3 Å². The largest absolute Gasteiger partial charge is 0.347 e. The monoisotopic (exact) mass is 274 g/mol. The molecule has 1 heterocycles. The van der Waals surface area contributed by atoms with Gasteiger partial charge in [-0.15, -0.1) is 0 Å². The smallest absolute Gasteiger partial charge is 0.246 e. The molecule has 2 amide bonds. The number of carbonyl (C=O) groups excluding carboxylic acids is 2. The van der Waals surface area contributed by atoms with E-state index in [9.17, 15) is 9.59 Å². The highest BCUT2D eigenvalue weighted by molar-refractivity contribution is 5.99. The maximum absolute atomic E-state index is 12.3. The maximum atomic E-state index is 12.3. The minimum absolute atomic E-state index is 0.0349. The number of nitrogens with zero attached hydrogens (tertiary/aromatic N) is 1. The van der Waals surface area contributed by atoms with E-state index < -0.39 is 0 Å². The maximum Gasteiger partial charge on any atom is 0.246 e. The third-order valence-electron chi connectivity index (χ3n) is 3.67. The molecule has 1 N–H and O–H groups in total. The fourth-order valence-electron chi connectivity index (χ4n) is 2.63. The summed E-state index contributed by atoms with van der Waals surface area (Å²) in [5.41, 5.74) is 2.18. The van der Waals surface area contributed by atoms with Crippen molar-refractivity contribution in [1.29, 1.82) is 0 Å². The van der Waals surface area contributed by atoms with Crippen LogP contribution >= 0.6 is 0 Å². The van der Waals surface area contributed by atoms with Crippen molar-refractivity contribution < 1.29 is 9.59 Å². The highest BCUT2D eigenvalue weighted by Gasteiger charge is 2.30. The van der Waals surface area contributed by atoms with E-state index in [1.165, 1.54) is 5.56 Å². The second-order valence-corrected chi connectivity index (χ2v) is 5.33. The van der Waals surface area contributed by atoms with E-state index in [2.05, 4.69) is 11.4 Å². The Balaban J connectivity index is 1.94. The quantitative estimate of drug-likeness (QED) is 0.895. The molecule has 0 saturated carbocycles. The molecule has 0 bridgehead atoms. The zero-order chi connectivity index (χ0) is 14.5. The molecule has 2 rings (SSSR count). The number of amides is 2. The van der Waals surface area contributed by atoms with Crippen LogP contribution in [0.5, 0.6) is 0 Å². The number of hydrogen-bond donors (Lipinski definition) is 1. The van der Waals surface area contributed by atoms with Gasteiger partial charge in [0.15, 0.2) is 0 Å². The van der Waals surface area contributed by atoms with E-state index in [4.69, 9.17) is 0 Å². The number of hydrogen-bond acceptors (Lipinski definition) is 2. The van der Waals surface area contributed by atoms with E-state index in [0.29, 0.717) is 6.42 Å². The molecule has 1 aromatic rings. The molecule has 1 unspecified atom stereocenters. The van der Waals surface area contributed by atoms with Gasteiger partial charge in [0.2, 0.25) is 11.8 Å². The number of rotatable bonds is 5. The normalized spacial score (nSPS) is 16.9. The lowest BCUT2D eigenvalue weighted by molar-refractivity contribution is -0.125. The molecule has 0 aliphatic carbocycles. The number of anilines is 1. The molecule has 0 fully saturated rings. The van der Waals surface area contributed by atoms with Gasteiger partial charge in [0.25, 0.3) is 0 Å². The van der Waals surface area contributed by atoms with Crippen molar-refractivity contribution >= 4 is 17.5 Å². The molecule has 0 radical (unpaired) electrons. The van der Waals surface area contributed by atoms with E-state index in [1.807, 2.05) is 32.0 Å². The Labute approximate surface area is 120 Å². The van der Waals surface area contributed by atoms with Crippen molar-refractivity contribution in [2.24, 2.45) is 0 Å². The molecule has 4 nitrogen and oxygen atoms in total. The van der Waals surface area contributed by atoms with Crippen molar-refractivity contribution in [2.75, 3.05) is 11.4 Å². The van der Waals surface area contributed by atoms with Crippen molar-refractivity contribution in [2.45, 2.75) is 45.6 Å². The van der Waals surface area contributed by atoms with Gasteiger partial charge in [-0.25, -0.2) is 0 Å². The third kappa shape index (κ3) is 3.18. The summed E-state index contributed by atoms with van der Waals surface area (Å²) < 4.78 is 0. The van der Waals surface area contributed by atoms with Crippen LogP contribution in [0, 0.1) is 0 Å². The van der Waals surface area contributed by atoms with Gasteiger partial charge in [-0.3, -0.25) is 9.59 Å². The molecule has 1 aromatic carbocycles. The first-order valence-electron chi connectivity index (χ1n) is 7.30. The minimum atomic E-state index is -0.0414. The first-order valence-corrected chi connectivity index (χ1v) is 7.30. The van der Waals surface area contributed by atoms with Crippen LogP contribution in [-0.4, -0.2) is 24.4 Å². The second kappa shape index (κ2) is 6.55. The van der Waals surface area contributed by atoms with Crippen LogP contribution in [0.1, 0.15) is 38.7 Å². The van der Waals surface area contributed by atoms with E-state index in [0.717, 1.165) is 24.9 Å². The van der Waals surface area contributed by atoms with Gasteiger partial charge in [0.1, 0.15) is 0 Å². The van der Waals surface area contributed by atoms with E-state index in [-0.39, 0.29) is 24.4 Å². The summed E-state index contributed by atoms with van der Waals surface area (Å²) in [6.07, 6.45) is 3.22. The van der Waals surface area contributed by atoms with Gasteiger partial charge in [-0.1, -0.05) is 31.5 Å². The van der Waals surface area contributed by atoms with Crippen LogP contribution in [-0.2, 0) is 16.0 Å². The first kappa shape index (κ1) is 14.6. The molecule has 0 aromatic heterocycles. The van der Waals surface area contributed by atoms with Crippen LogP contribution in [0.3, 0.4) is 0 Å². The number of carbonyl (C=O) groups is 2. The lowest BCUT2D eigenvalue weighted by Crippen LogP contribution is -2.43. The fourth-order valence-corrected chi connectivity index (χ4v) is 2.63. The summed E-state index contributed by atoms with van der Waals surface area (Å²) in [5, 5.41) is 2.72. The van der Waals surface area contributed by atoms with Gasteiger partial charge in [-0.05, 0) is 31.4 Å². The molecule has 1 aliphatic rings. The summed E-state index contributed by atoms with van der Waals surface area (Å²) in [7, 11) is 0. The van der Waals surface area contributed by atoms with Crippen LogP contribution < -0.4 is 10.2 Å². The zero-order valence-electron chi connectivity index (χ0n) is 12.2. The number of fused-ring (bicyclic) bond motifs is 1. The van der Waals surface area contributed by atoms with Crippen LogP contribution in [0.4, 0.5) is 5.69 Å². The van der Waals surface area contributed by atoms with Gasteiger partial charge in [-0.2, -0.15) is 0 Å². The number of nitrogens with one attached hydrogen (secondary N) is 1. The summed E-state index contributed by atoms with van der Waals surface area (Å²) in [6.45, 7) is 4.17. The molecule has 108 valence electrons. The van der Waals surface area contributed by atoms with Crippen LogP contribution in [0.25, 0.3) is 0 Å². The van der Waals surface area contributed by atoms with E-state index in [1.54, 1.807) is 4.90 Å². The molecule has 0 spiro atoms. The van der Waals surface area contributed by atoms with Crippen molar-refractivity contribution in [3.05, 3.63) is 29.8 Å². The summed E-state index contributed by atoms with van der Waals surface area (Å²) >= 11 is 0. The highest BCUT2D eigenvalue weighted by atomic mass is 16.2. The third-order valence-corrected chi connectivity index (χ3v) is 3.67. The van der Waals surface area contributed by atoms with Crippen molar-refractivity contribution in [3.8, 4) is 0 Å². The molecule has 20 heavy (non-hydrogen) atoms. The number of para-hydroxylation sites is 1. The van der Waals surface area contributed by atoms with Crippen molar-refractivity contribution in [3.63, 3.8) is 0 Å². The molecule has 1 atom stereocenters. The standard InChI is InChI=1S/C16H22N2O2/c1-3-4-9-15(19)17-11-16(20)18-12(2)10-13-7-5-6-8-14(13)18/h5-8,12H,3-4,9-11H2,1-2H3,(H,17,19). The molecular weight excluding hydrogens is 252 g/mol. The average molecular weight is 274 g/mol. The topological polar surface area (TPSA) is 49.4 Å². The summed E-state index contributed by atoms with van der Waals surface area (Å²) in [5.74, 6) is -0.0763. The lowest BCUT2D eigenvalue weighted by atomic mass is 10.1. The van der Waals surface area contributed by atoms with Crippen LogP contribution in [0.2, 0.25) is 0 Å². The van der Waals surface area contributed by atoms with Gasteiger partial charge >= 0.3 is 0 Å². The van der Waals surface area contributed by atoms with Gasteiger partial charge < -0.3 is 10.2 Å². The fraction of sp³-hybridized carbons (Fsp3) is 0.500. The Morgan fingerprint density at radius 3 is 2.85 bits per heavy atom. The van der Waals surface area contributed by atoms with Crippen molar-refractivity contribution in [1.82, 2.24) is 5.32 Å². The van der Waals surface area contributed by atoms with Gasteiger partial charge in [0, 0.05) is 18.2 Å². The second-order valence-electron chi connectivity index (χ2n) is 5.33. The lowest BCUT2D eigenvalue weighted by Gasteiger charge is -2.22. The molecule has 4 heteroatoms. The zero-order valence-corrected chi connectivity index (χ0v) is 12.2. The SMILES string of the molecule is CCCCC(=O)NCC(=O)N1c2ccccc2CC1C. The van der Waals surface area contributed by atoms with Gasteiger partial charge in [0.05, 0.1) is 6.54 Å². The van der Waals surface area contributed by atoms with E-state index >= 15 is 0 Å². The Bertz CT molecular complexity index is 499.